The molecule has 6 heteroatoms. The molecule has 0 aliphatic heterocycles. The molecule has 0 aromatic rings. The van der Waals surface area contributed by atoms with Crippen LogP contribution < -0.4 is 9.79 Å². The Morgan fingerprint density at radius 3 is 2.00 bits per heavy atom. The van der Waals surface area contributed by atoms with E-state index in [1.807, 2.05) is 0 Å². The molecular formula is C12H25O2PS2Zn. The quantitative estimate of drug-likeness (QED) is 0.340. The minimum atomic E-state index is -3.58. The number of unbranched alkanes of at least 4 members (excludes halogenated alkanes) is 2. The molecule has 0 spiro atoms. The van der Waals surface area contributed by atoms with E-state index in [9.17, 15) is 9.79 Å². The second-order valence-corrected chi connectivity index (χ2v) is 11.0. The molecule has 0 aromatic heterocycles. The molecule has 0 saturated carbocycles. The van der Waals surface area contributed by atoms with E-state index in [2.05, 4.69) is 32.6 Å². The van der Waals surface area contributed by atoms with Crippen LogP contribution in [0.2, 0.25) is 0 Å². The Labute approximate surface area is 134 Å². The van der Waals surface area contributed by atoms with Crippen LogP contribution in [0, 0.1) is 5.92 Å². The number of hydrogen-bond donors (Lipinski definition) is 0. The Bertz CT molecular complexity index is 234. The van der Waals surface area contributed by atoms with E-state index in [4.69, 9.17) is 0 Å². The van der Waals surface area contributed by atoms with Crippen molar-refractivity contribution in [1.82, 2.24) is 0 Å². The summed E-state index contributed by atoms with van der Waals surface area (Å²) >= 11 is 5.51. The average Bonchev–Trinajstić information content (AvgIpc) is 2.18. The van der Waals surface area contributed by atoms with Crippen LogP contribution in [0.5, 0.6) is 0 Å². The number of hydrogen-bond acceptors (Lipinski definition) is 4. The molecule has 1 atom stereocenters. The maximum absolute atomic E-state index is 11.2. The van der Waals surface area contributed by atoms with E-state index in [0.29, 0.717) is 0 Å². The fourth-order valence-corrected chi connectivity index (χ4v) is 5.52. The van der Waals surface area contributed by atoms with Crippen LogP contribution >= 0.6 is 17.1 Å². The van der Waals surface area contributed by atoms with Crippen LogP contribution in [0.4, 0.5) is 0 Å². The summed E-state index contributed by atoms with van der Waals surface area (Å²) in [7, 11) is 0. The maximum Gasteiger partial charge on any atom is 2.00 e. The Hall–Kier alpha value is 1.54. The number of rotatable bonds is 10. The van der Waals surface area contributed by atoms with Gasteiger partial charge in [-0.1, -0.05) is 52.9 Å². The predicted octanol–water partition coefficient (Wildman–Crippen LogP) is 3.44. The van der Waals surface area contributed by atoms with Gasteiger partial charge >= 0.3 is 19.5 Å². The van der Waals surface area contributed by atoms with Crippen molar-refractivity contribution in [3.8, 4) is 0 Å². The van der Waals surface area contributed by atoms with E-state index in [-0.39, 0.29) is 24.7 Å². The first-order chi connectivity index (χ1) is 7.85. The van der Waals surface area contributed by atoms with Crippen molar-refractivity contribution in [3.63, 3.8) is 0 Å². The topological polar surface area (TPSA) is 46.1 Å². The Morgan fingerprint density at radius 2 is 1.56 bits per heavy atom. The van der Waals surface area contributed by atoms with E-state index < -0.39 is 5.69 Å². The van der Waals surface area contributed by atoms with Gasteiger partial charge in [-0.25, -0.2) is 0 Å². The zero-order valence-electron chi connectivity index (χ0n) is 11.9. The van der Waals surface area contributed by atoms with Crippen LogP contribution in [-0.2, 0) is 31.3 Å². The first kappa shape index (κ1) is 21.8. The van der Waals surface area contributed by atoms with Crippen molar-refractivity contribution >= 4 is 28.9 Å². The van der Waals surface area contributed by atoms with Crippen LogP contribution in [0.15, 0.2) is 0 Å². The summed E-state index contributed by atoms with van der Waals surface area (Å²) in [6.07, 6.45) is 7.72. The molecule has 0 saturated heterocycles. The minimum absolute atomic E-state index is 0. The molecule has 0 radical (unpaired) electrons. The monoisotopic (exact) mass is 360 g/mol. The molecule has 0 N–H and O–H groups in total. The first-order valence-corrected chi connectivity index (χ1v) is 10.7. The molecule has 2 nitrogen and oxygen atoms in total. The van der Waals surface area contributed by atoms with Crippen molar-refractivity contribution in [3.05, 3.63) is 0 Å². The Morgan fingerprint density at radius 1 is 1.06 bits per heavy atom. The van der Waals surface area contributed by atoms with Gasteiger partial charge in [0.05, 0.1) is 0 Å². The molecule has 0 bridgehead atoms. The van der Waals surface area contributed by atoms with Gasteiger partial charge in [0.15, 0.2) is 0 Å². The van der Waals surface area contributed by atoms with Crippen molar-refractivity contribution in [1.29, 1.82) is 0 Å². The second-order valence-electron chi connectivity index (χ2n) is 5.00. The van der Waals surface area contributed by atoms with Crippen molar-refractivity contribution in [2.45, 2.75) is 71.0 Å². The summed E-state index contributed by atoms with van der Waals surface area (Å²) in [5.74, 6) is 0.737. The zero-order valence-corrected chi connectivity index (χ0v) is 17.4. The fourth-order valence-electron chi connectivity index (χ4n) is 1.79. The molecule has 18 heavy (non-hydrogen) atoms. The van der Waals surface area contributed by atoms with Gasteiger partial charge in [-0.05, 0) is 18.8 Å². The van der Waals surface area contributed by atoms with Gasteiger partial charge in [0, 0.05) is 5.25 Å². The summed E-state index contributed by atoms with van der Waals surface area (Å²) in [6.45, 7) is 6.57. The SMILES string of the molecule is CCCCC(CCCCC(C)C)SP([O-])([O-])=S.[Zn+2]. The third kappa shape index (κ3) is 15.6. The molecule has 0 heterocycles. The van der Waals surface area contributed by atoms with E-state index >= 15 is 0 Å². The molecule has 0 aliphatic rings. The second kappa shape index (κ2) is 12.3. The van der Waals surface area contributed by atoms with Gasteiger partial charge in [0.2, 0.25) is 0 Å². The Balaban J connectivity index is 0. The molecule has 0 fully saturated rings. The summed E-state index contributed by atoms with van der Waals surface area (Å²) in [5.41, 5.74) is -3.58. The molecular weight excluding hydrogens is 337 g/mol. The molecule has 0 aromatic carbocycles. The molecule has 0 amide bonds. The van der Waals surface area contributed by atoms with E-state index in [0.717, 1.165) is 49.4 Å². The zero-order chi connectivity index (χ0) is 13.3. The van der Waals surface area contributed by atoms with E-state index in [1.54, 1.807) is 0 Å². The molecule has 0 aliphatic carbocycles. The fraction of sp³-hybridized carbons (Fsp3) is 1.00. The van der Waals surface area contributed by atoms with Gasteiger partial charge in [0.1, 0.15) is 0 Å². The first-order valence-electron chi connectivity index (χ1n) is 6.55. The smallest absolute Gasteiger partial charge is 0.825 e. The summed E-state index contributed by atoms with van der Waals surface area (Å²) in [5, 5.41) is 0.211. The van der Waals surface area contributed by atoms with E-state index in [1.165, 1.54) is 12.8 Å². The standard InChI is InChI=1S/C12H27O2PS2.Zn/c1-4-5-9-12(17-15(13,14)16)10-7-6-8-11(2)3;/h11-12H,4-10H2,1-3H3,(H2,13,14,16);/q;+2/p-2. The van der Waals surface area contributed by atoms with Gasteiger partial charge < -0.3 is 9.79 Å². The third-order valence-corrected chi connectivity index (χ3v) is 6.19. The van der Waals surface area contributed by atoms with Gasteiger partial charge in [-0.3, -0.25) is 0 Å². The van der Waals surface area contributed by atoms with Gasteiger partial charge in [0.25, 0.3) is 0 Å². The Kier molecular flexibility index (Phi) is 14.9. The maximum atomic E-state index is 11.2. The van der Waals surface area contributed by atoms with Crippen molar-refractivity contribution in [2.24, 2.45) is 5.92 Å². The largest absolute Gasteiger partial charge is 2.00 e. The van der Waals surface area contributed by atoms with Gasteiger partial charge in [-0.2, -0.15) is 17.1 Å². The van der Waals surface area contributed by atoms with Crippen molar-refractivity contribution in [2.75, 3.05) is 0 Å². The average molecular weight is 362 g/mol. The minimum Gasteiger partial charge on any atom is -0.825 e. The molecule has 104 valence electrons. The summed E-state index contributed by atoms with van der Waals surface area (Å²) in [4.78, 5) is 22.3. The predicted molar refractivity (Wildman–Crippen MR) is 78.5 cm³/mol. The van der Waals surface area contributed by atoms with Crippen LogP contribution in [0.3, 0.4) is 0 Å². The van der Waals surface area contributed by atoms with Gasteiger partial charge in [-0.15, -0.1) is 11.8 Å². The van der Waals surface area contributed by atoms with Crippen LogP contribution in [-0.4, -0.2) is 5.25 Å². The molecule has 1 unspecified atom stereocenters. The van der Waals surface area contributed by atoms with Crippen molar-refractivity contribution < 1.29 is 29.3 Å². The summed E-state index contributed by atoms with van der Waals surface area (Å²) in [6, 6.07) is 0. The van der Waals surface area contributed by atoms with Crippen LogP contribution in [0.1, 0.15) is 65.7 Å². The third-order valence-electron chi connectivity index (χ3n) is 2.72. The van der Waals surface area contributed by atoms with Crippen LogP contribution in [0.25, 0.3) is 0 Å². The normalized spacial score (nSPS) is 13.4. The molecule has 0 rings (SSSR count). The summed E-state index contributed by atoms with van der Waals surface area (Å²) < 4.78 is 0.